The van der Waals surface area contributed by atoms with Crippen LogP contribution >= 0.6 is 0 Å². The van der Waals surface area contributed by atoms with Gasteiger partial charge in [0.25, 0.3) is 0 Å². The standard InChI is InChI=1S/C22H20F3N3O4/c1-28-15-6-8-21(28,32-20(29)22(23,24)25)12-16(11-15)31-19-5-3-17(26-27-19)13-2-4-18-14(10-13)7-9-30-18/h2-5,7,9-10,15-16H,6,8,11-12H2,1H3. The lowest BCUT2D eigenvalue weighted by molar-refractivity contribution is -0.235. The summed E-state index contributed by atoms with van der Waals surface area (Å²) in [6.45, 7) is 0. The number of carbonyl (C=O) groups is 1. The zero-order chi connectivity index (χ0) is 22.5. The number of nitrogens with zero attached hydrogens (tertiary/aromatic N) is 3. The maximum Gasteiger partial charge on any atom is 0.490 e. The van der Waals surface area contributed by atoms with Crippen LogP contribution in [0.15, 0.2) is 47.1 Å². The Bertz CT molecular complexity index is 1150. The molecule has 5 rings (SSSR count). The fourth-order valence-corrected chi connectivity index (χ4v) is 4.68. The number of hydrogen-bond acceptors (Lipinski definition) is 7. The van der Waals surface area contributed by atoms with Gasteiger partial charge in [-0.15, -0.1) is 10.2 Å². The first-order valence-electron chi connectivity index (χ1n) is 10.2. The Morgan fingerprint density at radius 3 is 2.81 bits per heavy atom. The monoisotopic (exact) mass is 447 g/mol. The third-order valence-corrected chi connectivity index (χ3v) is 6.33. The predicted octanol–water partition coefficient (Wildman–Crippen LogP) is 4.33. The highest BCUT2D eigenvalue weighted by molar-refractivity contribution is 5.82. The smallest absolute Gasteiger partial charge is 0.473 e. The Morgan fingerprint density at radius 1 is 1.22 bits per heavy atom. The highest BCUT2D eigenvalue weighted by Gasteiger charge is 2.56. The minimum Gasteiger partial charge on any atom is -0.473 e. The van der Waals surface area contributed by atoms with Crippen LogP contribution in [0.2, 0.25) is 0 Å². The van der Waals surface area contributed by atoms with Crippen LogP contribution < -0.4 is 4.74 Å². The second-order valence-corrected chi connectivity index (χ2v) is 8.25. The summed E-state index contributed by atoms with van der Waals surface area (Å²) in [5.41, 5.74) is 0.972. The van der Waals surface area contributed by atoms with Crippen LogP contribution in [-0.4, -0.2) is 52.2 Å². The lowest BCUT2D eigenvalue weighted by Gasteiger charge is -2.44. The number of fused-ring (bicyclic) bond motifs is 3. The van der Waals surface area contributed by atoms with Gasteiger partial charge in [0.05, 0.1) is 12.0 Å². The Hall–Kier alpha value is -3.14. The zero-order valence-corrected chi connectivity index (χ0v) is 17.1. The first kappa shape index (κ1) is 20.7. The SMILES string of the molecule is CN1C2CCC1(OC(=O)C(F)(F)F)CC(Oc1ccc(-c3ccc4occc4c3)nn1)C2. The van der Waals surface area contributed by atoms with Crippen LogP contribution in [0.5, 0.6) is 5.88 Å². The summed E-state index contributed by atoms with van der Waals surface area (Å²) < 4.78 is 54.6. The normalized spacial score (nSPS) is 25.8. The lowest BCUT2D eigenvalue weighted by Crippen LogP contribution is -2.56. The highest BCUT2D eigenvalue weighted by atomic mass is 19.4. The van der Waals surface area contributed by atoms with Crippen molar-refractivity contribution in [1.29, 1.82) is 0 Å². The number of esters is 1. The average Bonchev–Trinajstić information content (AvgIpc) is 3.28. The molecule has 1 aromatic carbocycles. The topological polar surface area (TPSA) is 77.7 Å². The summed E-state index contributed by atoms with van der Waals surface area (Å²) in [7, 11) is 1.68. The van der Waals surface area contributed by atoms with Crippen LogP contribution in [-0.2, 0) is 9.53 Å². The molecule has 32 heavy (non-hydrogen) atoms. The molecule has 3 atom stereocenters. The van der Waals surface area contributed by atoms with Gasteiger partial charge in [0.1, 0.15) is 11.7 Å². The molecule has 2 fully saturated rings. The number of furan rings is 1. The third-order valence-electron chi connectivity index (χ3n) is 6.33. The predicted molar refractivity (Wildman–Crippen MR) is 107 cm³/mol. The van der Waals surface area contributed by atoms with Crippen molar-refractivity contribution in [2.24, 2.45) is 0 Å². The molecule has 2 aliphatic rings. The molecule has 2 aliphatic heterocycles. The van der Waals surface area contributed by atoms with Crippen molar-refractivity contribution in [3.05, 3.63) is 42.7 Å². The fourth-order valence-electron chi connectivity index (χ4n) is 4.68. The fraction of sp³-hybridized carbons (Fsp3) is 0.409. The summed E-state index contributed by atoms with van der Waals surface area (Å²) in [6, 6.07) is 10.9. The Kier molecular flexibility index (Phi) is 4.85. The summed E-state index contributed by atoms with van der Waals surface area (Å²) in [5, 5.41) is 9.30. The van der Waals surface area contributed by atoms with Gasteiger partial charge in [0.2, 0.25) is 5.88 Å². The van der Waals surface area contributed by atoms with Gasteiger partial charge in [-0.2, -0.15) is 13.2 Å². The van der Waals surface area contributed by atoms with E-state index >= 15 is 0 Å². The van der Waals surface area contributed by atoms with E-state index in [-0.39, 0.29) is 18.3 Å². The van der Waals surface area contributed by atoms with E-state index in [2.05, 4.69) is 10.2 Å². The molecular weight excluding hydrogens is 427 g/mol. The summed E-state index contributed by atoms with van der Waals surface area (Å²) in [4.78, 5) is 13.2. The lowest BCUT2D eigenvalue weighted by atomic mass is 9.97. The molecule has 2 aromatic heterocycles. The number of halogens is 3. The third kappa shape index (κ3) is 3.68. The van der Waals surface area contributed by atoms with Crippen LogP contribution in [0.1, 0.15) is 25.7 Å². The average molecular weight is 447 g/mol. The quantitative estimate of drug-likeness (QED) is 0.551. The molecule has 7 nitrogen and oxygen atoms in total. The van der Waals surface area contributed by atoms with Crippen molar-refractivity contribution in [3.8, 4) is 17.1 Å². The molecule has 168 valence electrons. The number of piperidine rings is 1. The molecular formula is C22H20F3N3O4. The molecule has 0 spiro atoms. The van der Waals surface area contributed by atoms with Crippen LogP contribution in [0.25, 0.3) is 22.2 Å². The van der Waals surface area contributed by atoms with Crippen LogP contribution in [0, 0.1) is 0 Å². The Labute approximate surface area is 181 Å². The van der Waals surface area contributed by atoms with E-state index in [9.17, 15) is 18.0 Å². The first-order chi connectivity index (χ1) is 15.2. The van der Waals surface area contributed by atoms with E-state index in [0.717, 1.165) is 16.5 Å². The van der Waals surface area contributed by atoms with Crippen molar-refractivity contribution >= 4 is 16.9 Å². The van der Waals surface area contributed by atoms with E-state index in [1.807, 2.05) is 24.3 Å². The number of alkyl halides is 3. The van der Waals surface area contributed by atoms with Gasteiger partial charge >= 0.3 is 12.1 Å². The van der Waals surface area contributed by atoms with E-state index in [4.69, 9.17) is 13.9 Å². The van der Waals surface area contributed by atoms with E-state index in [1.54, 1.807) is 30.3 Å². The van der Waals surface area contributed by atoms with Gasteiger partial charge in [0.15, 0.2) is 5.72 Å². The molecule has 4 heterocycles. The van der Waals surface area contributed by atoms with Gasteiger partial charge in [-0.05, 0) is 43.8 Å². The van der Waals surface area contributed by atoms with Crippen molar-refractivity contribution in [2.45, 2.75) is 49.7 Å². The number of benzene rings is 1. The second kappa shape index (κ2) is 7.47. The molecule has 10 heteroatoms. The molecule has 0 aliphatic carbocycles. The maximum atomic E-state index is 12.8. The first-order valence-corrected chi connectivity index (χ1v) is 10.2. The molecule has 0 amide bonds. The largest absolute Gasteiger partial charge is 0.490 e. The number of carbonyl (C=O) groups excluding carboxylic acids is 1. The zero-order valence-electron chi connectivity index (χ0n) is 17.1. The minimum atomic E-state index is -5.04. The number of rotatable bonds is 4. The van der Waals surface area contributed by atoms with E-state index in [1.165, 1.54) is 0 Å². The van der Waals surface area contributed by atoms with Gasteiger partial charge in [-0.25, -0.2) is 4.79 Å². The second-order valence-electron chi connectivity index (χ2n) is 8.25. The molecule has 3 aromatic rings. The van der Waals surface area contributed by atoms with Gasteiger partial charge in [-0.1, -0.05) is 0 Å². The summed E-state index contributed by atoms with van der Waals surface area (Å²) in [5.74, 6) is -1.91. The van der Waals surface area contributed by atoms with Crippen LogP contribution in [0.3, 0.4) is 0 Å². The molecule has 3 unspecified atom stereocenters. The number of hydrogen-bond donors (Lipinski definition) is 0. The summed E-state index contributed by atoms with van der Waals surface area (Å²) in [6.07, 6.45) is -2.18. The molecule has 0 saturated carbocycles. The molecule has 0 radical (unpaired) electrons. The van der Waals surface area contributed by atoms with E-state index in [0.29, 0.717) is 25.0 Å². The van der Waals surface area contributed by atoms with Gasteiger partial charge < -0.3 is 13.9 Å². The minimum absolute atomic E-state index is 0.0382. The molecule has 2 bridgehead atoms. The maximum absolute atomic E-state index is 12.8. The van der Waals surface area contributed by atoms with E-state index < -0.39 is 24.0 Å². The Morgan fingerprint density at radius 2 is 2.06 bits per heavy atom. The van der Waals surface area contributed by atoms with Gasteiger partial charge in [0, 0.05) is 42.3 Å². The Balaban J connectivity index is 1.30. The number of ether oxygens (including phenoxy) is 2. The van der Waals surface area contributed by atoms with Crippen molar-refractivity contribution in [3.63, 3.8) is 0 Å². The van der Waals surface area contributed by atoms with Crippen molar-refractivity contribution < 1.29 is 31.9 Å². The molecule has 0 N–H and O–H groups in total. The molecule has 2 saturated heterocycles. The van der Waals surface area contributed by atoms with Crippen molar-refractivity contribution in [2.75, 3.05) is 7.05 Å². The number of aromatic nitrogens is 2. The summed E-state index contributed by atoms with van der Waals surface area (Å²) >= 11 is 0. The van der Waals surface area contributed by atoms with Crippen molar-refractivity contribution in [1.82, 2.24) is 15.1 Å². The van der Waals surface area contributed by atoms with Crippen LogP contribution in [0.4, 0.5) is 13.2 Å². The van der Waals surface area contributed by atoms with Gasteiger partial charge in [-0.3, -0.25) is 4.90 Å². The highest BCUT2D eigenvalue weighted by Crippen LogP contribution is 2.45.